The van der Waals surface area contributed by atoms with Crippen LogP contribution in [0.25, 0.3) is 0 Å². The van der Waals surface area contributed by atoms with Crippen molar-refractivity contribution in [3.8, 4) is 0 Å². The van der Waals surface area contributed by atoms with E-state index in [9.17, 15) is 0 Å². The van der Waals surface area contributed by atoms with Crippen LogP contribution in [0.2, 0.25) is 5.02 Å². The first-order chi connectivity index (χ1) is 7.65. The van der Waals surface area contributed by atoms with Gasteiger partial charge in [-0.05, 0) is 36.2 Å². The number of nitrogens with zero attached hydrogens (tertiary/aromatic N) is 2. The first-order valence-electron chi connectivity index (χ1n) is 5.08. The van der Waals surface area contributed by atoms with E-state index >= 15 is 0 Å². The Morgan fingerprint density at radius 3 is 2.75 bits per heavy atom. The van der Waals surface area contributed by atoms with Crippen molar-refractivity contribution in [1.29, 1.82) is 0 Å². The molecular weight excluding hydrogens is 242 g/mol. The van der Waals surface area contributed by atoms with Crippen molar-refractivity contribution in [3.05, 3.63) is 38.8 Å². The topological polar surface area (TPSA) is 43.8 Å². The highest BCUT2D eigenvalue weighted by molar-refractivity contribution is 7.07. The summed E-state index contributed by atoms with van der Waals surface area (Å²) in [7, 11) is 0. The third kappa shape index (κ3) is 1.88. The highest BCUT2D eigenvalue weighted by Crippen LogP contribution is 2.26. The van der Waals surface area contributed by atoms with E-state index in [0.717, 1.165) is 16.4 Å². The zero-order valence-electron chi connectivity index (χ0n) is 9.27. The third-order valence-electron chi connectivity index (χ3n) is 2.68. The minimum Gasteiger partial charge on any atom is -0.328 e. The fourth-order valence-electron chi connectivity index (χ4n) is 1.79. The molecule has 0 saturated carbocycles. The summed E-state index contributed by atoms with van der Waals surface area (Å²) >= 11 is 7.80. The summed E-state index contributed by atoms with van der Waals surface area (Å²) in [5.41, 5.74) is 8.84. The molecule has 2 aromatic rings. The van der Waals surface area contributed by atoms with Crippen LogP contribution in [-0.2, 0) is 0 Å². The Morgan fingerprint density at radius 2 is 2.31 bits per heavy atom. The number of halogens is 1. The summed E-state index contributed by atoms with van der Waals surface area (Å²) in [4.78, 5) is 0. The lowest BCUT2D eigenvalue weighted by molar-refractivity contribution is 0.518. The summed E-state index contributed by atoms with van der Waals surface area (Å²) in [6, 6.07) is 2.16. The molecule has 0 bridgehead atoms. The first kappa shape index (κ1) is 11.6. The highest BCUT2D eigenvalue weighted by Gasteiger charge is 2.18. The first-order valence-corrected chi connectivity index (χ1v) is 6.40. The average Bonchev–Trinajstić information content (AvgIpc) is 2.86. The number of aromatic nitrogens is 2. The molecule has 2 heterocycles. The van der Waals surface area contributed by atoms with Crippen LogP contribution < -0.4 is 5.73 Å². The van der Waals surface area contributed by atoms with Crippen LogP contribution in [0.1, 0.15) is 23.0 Å². The standard InChI is InChI=1S/C11H14ClN3S/c1-7-11(12)8(2)15(14-7)10(5-13)9-3-4-16-6-9/h3-4,6,10H,5,13H2,1-2H3. The predicted octanol–water partition coefficient (Wildman–Crippen LogP) is 2.76. The van der Waals surface area contributed by atoms with Crippen LogP contribution in [-0.4, -0.2) is 16.3 Å². The molecule has 0 fully saturated rings. The van der Waals surface area contributed by atoms with Gasteiger partial charge in [0.1, 0.15) is 0 Å². The van der Waals surface area contributed by atoms with Gasteiger partial charge >= 0.3 is 0 Å². The second-order valence-corrected chi connectivity index (χ2v) is 4.90. The van der Waals surface area contributed by atoms with Crippen molar-refractivity contribution in [2.45, 2.75) is 19.9 Å². The SMILES string of the molecule is Cc1nn(C(CN)c2ccsc2)c(C)c1Cl. The second kappa shape index (κ2) is 4.57. The van der Waals surface area contributed by atoms with Gasteiger partial charge in [0.2, 0.25) is 0 Å². The van der Waals surface area contributed by atoms with Crippen LogP contribution >= 0.6 is 22.9 Å². The number of rotatable bonds is 3. The number of nitrogens with two attached hydrogens (primary N) is 1. The molecule has 1 unspecified atom stereocenters. The van der Waals surface area contributed by atoms with Crippen molar-refractivity contribution < 1.29 is 0 Å². The Bertz CT molecular complexity index is 476. The molecule has 2 aromatic heterocycles. The molecule has 0 aliphatic rings. The van der Waals surface area contributed by atoms with Gasteiger partial charge in [-0.15, -0.1) is 0 Å². The monoisotopic (exact) mass is 255 g/mol. The summed E-state index contributed by atoms with van der Waals surface area (Å²) in [6.07, 6.45) is 0. The van der Waals surface area contributed by atoms with Gasteiger partial charge in [0.05, 0.1) is 22.5 Å². The predicted molar refractivity (Wildman–Crippen MR) is 68.2 cm³/mol. The molecule has 86 valence electrons. The van der Waals surface area contributed by atoms with Gasteiger partial charge in [-0.25, -0.2) is 0 Å². The van der Waals surface area contributed by atoms with E-state index in [2.05, 4.69) is 16.5 Å². The molecule has 0 saturated heterocycles. The molecule has 0 aliphatic heterocycles. The van der Waals surface area contributed by atoms with E-state index in [1.54, 1.807) is 11.3 Å². The van der Waals surface area contributed by atoms with E-state index in [1.165, 1.54) is 5.56 Å². The normalized spacial score (nSPS) is 13.0. The summed E-state index contributed by atoms with van der Waals surface area (Å²) < 4.78 is 1.92. The van der Waals surface area contributed by atoms with Gasteiger partial charge in [0, 0.05) is 6.54 Å². The molecule has 2 N–H and O–H groups in total. The Balaban J connectivity index is 2.45. The van der Waals surface area contributed by atoms with E-state index < -0.39 is 0 Å². The van der Waals surface area contributed by atoms with Gasteiger partial charge in [0.15, 0.2) is 0 Å². The van der Waals surface area contributed by atoms with Crippen molar-refractivity contribution in [1.82, 2.24) is 9.78 Å². The molecular formula is C11H14ClN3S. The number of thiophene rings is 1. The fourth-order valence-corrected chi connectivity index (χ4v) is 2.62. The number of hydrogen-bond acceptors (Lipinski definition) is 3. The maximum absolute atomic E-state index is 6.14. The zero-order chi connectivity index (χ0) is 11.7. The Morgan fingerprint density at radius 1 is 1.56 bits per heavy atom. The van der Waals surface area contributed by atoms with E-state index in [4.69, 9.17) is 17.3 Å². The lowest BCUT2D eigenvalue weighted by Crippen LogP contribution is -2.22. The molecule has 0 amide bonds. The van der Waals surface area contributed by atoms with Crippen molar-refractivity contribution >= 4 is 22.9 Å². The van der Waals surface area contributed by atoms with Gasteiger partial charge in [-0.2, -0.15) is 16.4 Å². The molecule has 2 rings (SSSR count). The molecule has 5 heteroatoms. The lowest BCUT2D eigenvalue weighted by atomic mass is 10.1. The van der Waals surface area contributed by atoms with E-state index in [1.807, 2.05) is 23.9 Å². The van der Waals surface area contributed by atoms with Gasteiger partial charge in [-0.3, -0.25) is 4.68 Å². The molecule has 0 spiro atoms. The lowest BCUT2D eigenvalue weighted by Gasteiger charge is -2.16. The van der Waals surface area contributed by atoms with Crippen LogP contribution in [0.15, 0.2) is 16.8 Å². The third-order valence-corrected chi connectivity index (χ3v) is 3.93. The second-order valence-electron chi connectivity index (χ2n) is 3.74. The van der Waals surface area contributed by atoms with Crippen molar-refractivity contribution in [3.63, 3.8) is 0 Å². The molecule has 0 aliphatic carbocycles. The number of aryl methyl sites for hydroxylation is 1. The van der Waals surface area contributed by atoms with Crippen LogP contribution in [0.3, 0.4) is 0 Å². The highest BCUT2D eigenvalue weighted by atomic mass is 35.5. The largest absolute Gasteiger partial charge is 0.328 e. The minimum atomic E-state index is 0.0810. The zero-order valence-corrected chi connectivity index (χ0v) is 10.8. The van der Waals surface area contributed by atoms with E-state index in [-0.39, 0.29) is 6.04 Å². The smallest absolute Gasteiger partial charge is 0.0902 e. The van der Waals surface area contributed by atoms with Crippen LogP contribution in [0.4, 0.5) is 0 Å². The number of hydrogen-bond donors (Lipinski definition) is 1. The minimum absolute atomic E-state index is 0.0810. The maximum atomic E-state index is 6.14. The summed E-state index contributed by atoms with van der Waals surface area (Å²) in [5, 5.41) is 9.32. The Labute approximate surface area is 104 Å². The fraction of sp³-hybridized carbons (Fsp3) is 0.364. The molecule has 16 heavy (non-hydrogen) atoms. The Kier molecular flexibility index (Phi) is 3.33. The summed E-state index contributed by atoms with van der Waals surface area (Å²) in [6.45, 7) is 4.40. The van der Waals surface area contributed by atoms with Gasteiger partial charge in [0.25, 0.3) is 0 Å². The van der Waals surface area contributed by atoms with Gasteiger partial charge < -0.3 is 5.73 Å². The van der Waals surface area contributed by atoms with Crippen LogP contribution in [0, 0.1) is 13.8 Å². The Hall–Kier alpha value is -0.840. The van der Waals surface area contributed by atoms with E-state index in [0.29, 0.717) is 6.54 Å². The molecule has 3 nitrogen and oxygen atoms in total. The molecule has 0 radical (unpaired) electrons. The quantitative estimate of drug-likeness (QED) is 0.917. The maximum Gasteiger partial charge on any atom is 0.0902 e. The van der Waals surface area contributed by atoms with Crippen molar-refractivity contribution in [2.75, 3.05) is 6.54 Å². The molecule has 1 atom stereocenters. The van der Waals surface area contributed by atoms with Crippen molar-refractivity contribution in [2.24, 2.45) is 5.73 Å². The van der Waals surface area contributed by atoms with Crippen LogP contribution in [0.5, 0.6) is 0 Å². The molecule has 0 aromatic carbocycles. The average molecular weight is 256 g/mol. The van der Waals surface area contributed by atoms with Gasteiger partial charge in [-0.1, -0.05) is 11.6 Å². The summed E-state index contributed by atoms with van der Waals surface area (Å²) in [5.74, 6) is 0.